The number of fused-ring (bicyclic) bond motifs is 1. The first-order chi connectivity index (χ1) is 16.0. The van der Waals surface area contributed by atoms with E-state index in [1.54, 1.807) is 12.1 Å². The van der Waals surface area contributed by atoms with Gasteiger partial charge in [0.25, 0.3) is 5.91 Å². The molecule has 0 aliphatic carbocycles. The van der Waals surface area contributed by atoms with Crippen molar-refractivity contribution in [2.75, 3.05) is 11.9 Å². The molecular formula is C26H25ClN4O2. The minimum Gasteiger partial charge on any atom is -0.352 e. The third-order valence-electron chi connectivity index (χ3n) is 5.36. The molecule has 0 fully saturated rings. The smallest absolute Gasteiger partial charge is 0.251 e. The highest BCUT2D eigenvalue weighted by Gasteiger charge is 2.14. The van der Waals surface area contributed by atoms with Gasteiger partial charge in [0.1, 0.15) is 12.4 Å². The number of para-hydroxylation sites is 3. The van der Waals surface area contributed by atoms with E-state index >= 15 is 0 Å². The maximum absolute atomic E-state index is 12.8. The van der Waals surface area contributed by atoms with Gasteiger partial charge in [-0.25, -0.2) is 4.98 Å². The van der Waals surface area contributed by atoms with Crippen molar-refractivity contribution in [1.82, 2.24) is 14.9 Å². The number of nitrogens with one attached hydrogen (secondary N) is 2. The lowest BCUT2D eigenvalue weighted by molar-refractivity contribution is -0.116. The average molecular weight is 461 g/mol. The van der Waals surface area contributed by atoms with Gasteiger partial charge in [0.05, 0.1) is 21.7 Å². The van der Waals surface area contributed by atoms with E-state index in [-0.39, 0.29) is 18.4 Å². The summed E-state index contributed by atoms with van der Waals surface area (Å²) in [7, 11) is 0. The Bertz CT molecular complexity index is 1280. The Hall–Kier alpha value is -3.64. The van der Waals surface area contributed by atoms with Crippen LogP contribution in [0.4, 0.5) is 5.69 Å². The largest absolute Gasteiger partial charge is 0.352 e. The van der Waals surface area contributed by atoms with E-state index in [1.807, 2.05) is 72.2 Å². The molecule has 0 unspecified atom stereocenters. The maximum Gasteiger partial charge on any atom is 0.251 e. The summed E-state index contributed by atoms with van der Waals surface area (Å²) in [5, 5.41) is 6.31. The first kappa shape index (κ1) is 22.6. The summed E-state index contributed by atoms with van der Waals surface area (Å²) in [6, 6.07) is 22.4. The van der Waals surface area contributed by atoms with E-state index in [4.69, 9.17) is 16.6 Å². The van der Waals surface area contributed by atoms with Crippen LogP contribution in [-0.4, -0.2) is 27.9 Å². The van der Waals surface area contributed by atoms with Crippen molar-refractivity contribution in [3.63, 3.8) is 0 Å². The van der Waals surface area contributed by atoms with Gasteiger partial charge < -0.3 is 15.2 Å². The van der Waals surface area contributed by atoms with Crippen molar-refractivity contribution in [3.05, 3.63) is 94.8 Å². The number of hydrogen-bond acceptors (Lipinski definition) is 3. The zero-order valence-electron chi connectivity index (χ0n) is 18.3. The predicted octanol–water partition coefficient (Wildman–Crippen LogP) is 5.00. The fraction of sp³-hybridized carbons (Fsp3) is 0.192. The number of aromatic nitrogens is 2. The highest BCUT2D eigenvalue weighted by atomic mass is 35.5. The number of amides is 2. The van der Waals surface area contributed by atoms with Crippen LogP contribution in [0.1, 0.15) is 28.2 Å². The van der Waals surface area contributed by atoms with Crippen LogP contribution in [0.2, 0.25) is 5.02 Å². The first-order valence-electron chi connectivity index (χ1n) is 10.8. The molecule has 0 saturated heterocycles. The van der Waals surface area contributed by atoms with Crippen LogP contribution in [0.15, 0.2) is 72.8 Å². The summed E-state index contributed by atoms with van der Waals surface area (Å²) in [4.78, 5) is 29.8. The number of rotatable bonds is 8. The second-order valence-electron chi connectivity index (χ2n) is 7.86. The van der Waals surface area contributed by atoms with E-state index < -0.39 is 0 Å². The minimum absolute atomic E-state index is 0.0948. The molecule has 33 heavy (non-hydrogen) atoms. The maximum atomic E-state index is 12.8. The SMILES string of the molecule is Cc1ccc(C(=O)NCCCc2nc3ccccc3n2CC(=O)Nc2ccccc2Cl)cc1. The lowest BCUT2D eigenvalue weighted by Crippen LogP contribution is -2.25. The number of nitrogens with zero attached hydrogens (tertiary/aromatic N) is 2. The summed E-state index contributed by atoms with van der Waals surface area (Å²) in [6.45, 7) is 2.63. The number of anilines is 1. The van der Waals surface area contributed by atoms with Gasteiger partial charge in [-0.15, -0.1) is 0 Å². The van der Waals surface area contributed by atoms with Crippen LogP contribution in [0.25, 0.3) is 11.0 Å². The molecular weight excluding hydrogens is 436 g/mol. The van der Waals surface area contributed by atoms with Crippen molar-refractivity contribution < 1.29 is 9.59 Å². The van der Waals surface area contributed by atoms with Crippen LogP contribution in [-0.2, 0) is 17.8 Å². The van der Waals surface area contributed by atoms with E-state index in [0.717, 1.165) is 22.4 Å². The number of hydrogen-bond donors (Lipinski definition) is 2. The summed E-state index contributed by atoms with van der Waals surface area (Å²) < 4.78 is 1.92. The topological polar surface area (TPSA) is 76.0 Å². The van der Waals surface area contributed by atoms with Crippen LogP contribution >= 0.6 is 11.6 Å². The summed E-state index contributed by atoms with van der Waals surface area (Å²) in [6.07, 6.45) is 1.33. The van der Waals surface area contributed by atoms with Gasteiger partial charge in [-0.3, -0.25) is 9.59 Å². The molecule has 0 saturated carbocycles. The van der Waals surface area contributed by atoms with Gasteiger partial charge in [-0.2, -0.15) is 0 Å². The zero-order valence-corrected chi connectivity index (χ0v) is 19.1. The molecule has 1 aromatic heterocycles. The molecule has 0 aliphatic heterocycles. The number of benzene rings is 3. The second kappa shape index (κ2) is 10.3. The first-order valence-corrected chi connectivity index (χ1v) is 11.2. The fourth-order valence-electron chi connectivity index (χ4n) is 3.64. The normalized spacial score (nSPS) is 10.8. The van der Waals surface area contributed by atoms with Gasteiger partial charge in [0.2, 0.25) is 5.91 Å². The molecule has 1 heterocycles. The van der Waals surface area contributed by atoms with Crippen LogP contribution in [0, 0.1) is 6.92 Å². The molecule has 2 amide bonds. The van der Waals surface area contributed by atoms with E-state index in [2.05, 4.69) is 10.6 Å². The van der Waals surface area contributed by atoms with Crippen LogP contribution in [0.5, 0.6) is 0 Å². The van der Waals surface area contributed by atoms with Crippen LogP contribution in [0.3, 0.4) is 0 Å². The second-order valence-corrected chi connectivity index (χ2v) is 8.26. The Morgan fingerprint density at radius 2 is 1.70 bits per heavy atom. The van der Waals surface area contributed by atoms with Gasteiger partial charge in [-0.05, 0) is 49.7 Å². The Morgan fingerprint density at radius 3 is 2.48 bits per heavy atom. The highest BCUT2D eigenvalue weighted by molar-refractivity contribution is 6.33. The number of imidazole rings is 1. The molecule has 0 aliphatic rings. The molecule has 2 N–H and O–H groups in total. The molecule has 0 atom stereocenters. The molecule has 3 aromatic carbocycles. The third-order valence-corrected chi connectivity index (χ3v) is 5.69. The number of carbonyl (C=O) groups excluding carboxylic acids is 2. The number of halogens is 1. The molecule has 0 spiro atoms. The number of aryl methyl sites for hydroxylation is 2. The monoisotopic (exact) mass is 460 g/mol. The van der Waals surface area contributed by atoms with Gasteiger partial charge in [0, 0.05) is 18.5 Å². The highest BCUT2D eigenvalue weighted by Crippen LogP contribution is 2.21. The van der Waals surface area contributed by atoms with Gasteiger partial charge in [-0.1, -0.05) is 53.6 Å². The Balaban J connectivity index is 1.41. The minimum atomic E-state index is -0.180. The molecule has 6 nitrogen and oxygen atoms in total. The van der Waals surface area contributed by atoms with Crippen molar-refractivity contribution >= 4 is 40.1 Å². The van der Waals surface area contributed by atoms with Crippen molar-refractivity contribution in [2.45, 2.75) is 26.3 Å². The van der Waals surface area contributed by atoms with Gasteiger partial charge >= 0.3 is 0 Å². The lowest BCUT2D eigenvalue weighted by atomic mass is 10.1. The Kier molecular flexibility index (Phi) is 7.05. The molecule has 4 aromatic rings. The molecule has 0 bridgehead atoms. The van der Waals surface area contributed by atoms with Crippen molar-refractivity contribution in [2.24, 2.45) is 0 Å². The molecule has 7 heteroatoms. The third kappa shape index (κ3) is 5.59. The summed E-state index contributed by atoms with van der Waals surface area (Å²) in [5.41, 5.74) is 4.06. The van der Waals surface area contributed by atoms with Crippen molar-refractivity contribution in [3.8, 4) is 0 Å². The van der Waals surface area contributed by atoms with Crippen molar-refractivity contribution in [1.29, 1.82) is 0 Å². The zero-order chi connectivity index (χ0) is 23.2. The standard InChI is InChI=1S/C26H25ClN4O2/c1-18-12-14-19(15-13-18)26(33)28-16-6-11-24-29-22-9-4-5-10-23(22)31(24)17-25(32)30-21-8-3-2-7-20(21)27/h2-5,7-10,12-15H,6,11,16-17H2,1H3,(H,28,33)(H,30,32). The molecule has 4 rings (SSSR count). The lowest BCUT2D eigenvalue weighted by Gasteiger charge is -2.11. The fourth-order valence-corrected chi connectivity index (χ4v) is 3.83. The molecule has 0 radical (unpaired) electrons. The average Bonchev–Trinajstić information content (AvgIpc) is 3.15. The Labute approximate surface area is 197 Å². The quantitative estimate of drug-likeness (QED) is 0.363. The van der Waals surface area contributed by atoms with E-state index in [9.17, 15) is 9.59 Å². The van der Waals surface area contributed by atoms with E-state index in [0.29, 0.717) is 35.7 Å². The summed E-state index contributed by atoms with van der Waals surface area (Å²) >= 11 is 6.17. The molecule has 168 valence electrons. The van der Waals surface area contributed by atoms with E-state index in [1.165, 1.54) is 0 Å². The van der Waals surface area contributed by atoms with Gasteiger partial charge in [0.15, 0.2) is 0 Å². The summed E-state index contributed by atoms with van der Waals surface area (Å²) in [5.74, 6) is 0.526. The number of carbonyl (C=O) groups is 2. The Morgan fingerprint density at radius 1 is 0.970 bits per heavy atom. The van der Waals surface area contributed by atoms with Crippen LogP contribution < -0.4 is 10.6 Å². The predicted molar refractivity (Wildman–Crippen MR) is 132 cm³/mol.